The maximum absolute atomic E-state index is 12.9. The lowest BCUT2D eigenvalue weighted by Gasteiger charge is -2.37. The van der Waals surface area contributed by atoms with Gasteiger partial charge >= 0.3 is 0 Å². The average molecular weight is 308 g/mol. The molecule has 4 unspecified atom stereocenters. The largest absolute Gasteiger partial charge is 0.313 e. The first kappa shape index (κ1) is 16.7. The van der Waals surface area contributed by atoms with Gasteiger partial charge < -0.3 is 5.32 Å². The van der Waals surface area contributed by atoms with Crippen molar-refractivity contribution >= 4 is 10.8 Å². The van der Waals surface area contributed by atoms with Crippen molar-refractivity contribution in [2.75, 3.05) is 6.54 Å². The highest BCUT2D eigenvalue weighted by atomic mass is 32.2. The Balaban J connectivity index is 2.05. The van der Waals surface area contributed by atoms with Crippen molar-refractivity contribution < 1.29 is 4.21 Å². The zero-order chi connectivity index (χ0) is 15.2. The minimum Gasteiger partial charge on any atom is -0.313 e. The van der Waals surface area contributed by atoms with Gasteiger partial charge in [0, 0.05) is 22.6 Å². The molecule has 3 heteroatoms. The predicted molar refractivity (Wildman–Crippen MR) is 91.7 cm³/mol. The van der Waals surface area contributed by atoms with Crippen molar-refractivity contribution in [3.8, 4) is 0 Å². The second-order valence-corrected chi connectivity index (χ2v) is 8.19. The van der Waals surface area contributed by atoms with Gasteiger partial charge in [0.2, 0.25) is 0 Å². The summed E-state index contributed by atoms with van der Waals surface area (Å²) in [5.74, 6) is 2.12. The predicted octanol–water partition coefficient (Wildman–Crippen LogP) is 3.74. The molecule has 1 saturated carbocycles. The number of benzene rings is 1. The van der Waals surface area contributed by atoms with Gasteiger partial charge in [-0.2, -0.15) is 0 Å². The molecular formula is C18H29NOS. The van der Waals surface area contributed by atoms with Gasteiger partial charge in [0.1, 0.15) is 0 Å². The van der Waals surface area contributed by atoms with E-state index in [1.54, 1.807) is 0 Å². The summed E-state index contributed by atoms with van der Waals surface area (Å²) in [5.41, 5.74) is 1.19. The monoisotopic (exact) mass is 307 g/mol. The van der Waals surface area contributed by atoms with Crippen molar-refractivity contribution in [3.63, 3.8) is 0 Å². The topological polar surface area (TPSA) is 29.1 Å². The molecule has 0 bridgehead atoms. The van der Waals surface area contributed by atoms with Crippen molar-refractivity contribution in [2.45, 2.75) is 57.1 Å². The van der Waals surface area contributed by atoms with E-state index in [1.165, 1.54) is 18.4 Å². The molecule has 0 aromatic heterocycles. The molecule has 1 aromatic rings. The standard InChI is InChI=1S/C18H29NOS/c1-4-19-17-11-10-16(14(2)3)12-18(17)21(20)13-15-8-6-5-7-9-15/h5-9,14,16-19H,4,10-13H2,1-3H3. The SMILES string of the molecule is CCNC1CCC(C(C)C)CC1S(=O)Cc1ccccc1. The summed E-state index contributed by atoms with van der Waals surface area (Å²) < 4.78 is 12.9. The van der Waals surface area contributed by atoms with Gasteiger partial charge in [-0.15, -0.1) is 0 Å². The summed E-state index contributed by atoms with van der Waals surface area (Å²) in [7, 11) is -0.789. The van der Waals surface area contributed by atoms with Gasteiger partial charge in [0.05, 0.1) is 5.25 Å². The van der Waals surface area contributed by atoms with Crippen LogP contribution in [0.25, 0.3) is 0 Å². The zero-order valence-corrected chi connectivity index (χ0v) is 14.4. The van der Waals surface area contributed by atoms with Gasteiger partial charge in [0.25, 0.3) is 0 Å². The lowest BCUT2D eigenvalue weighted by atomic mass is 9.79. The Morgan fingerprint density at radius 3 is 2.57 bits per heavy atom. The zero-order valence-electron chi connectivity index (χ0n) is 13.5. The van der Waals surface area contributed by atoms with Crippen LogP contribution in [0.1, 0.15) is 45.6 Å². The van der Waals surface area contributed by atoms with E-state index >= 15 is 0 Å². The molecule has 0 aliphatic heterocycles. The first-order valence-corrected chi connectivity index (χ1v) is 9.64. The molecule has 0 amide bonds. The smallest absolute Gasteiger partial charge is 0.0507 e. The van der Waals surface area contributed by atoms with E-state index in [4.69, 9.17) is 0 Å². The van der Waals surface area contributed by atoms with Crippen LogP contribution in [0.2, 0.25) is 0 Å². The molecule has 1 fully saturated rings. The highest BCUT2D eigenvalue weighted by molar-refractivity contribution is 7.84. The van der Waals surface area contributed by atoms with E-state index in [1.807, 2.05) is 18.2 Å². The Morgan fingerprint density at radius 2 is 1.95 bits per heavy atom. The Hall–Kier alpha value is -0.670. The summed E-state index contributed by atoms with van der Waals surface area (Å²) in [6, 6.07) is 10.7. The number of rotatable bonds is 6. The Labute approximate surface area is 132 Å². The van der Waals surface area contributed by atoms with Crippen LogP contribution in [-0.2, 0) is 16.6 Å². The molecule has 0 spiro atoms. The fraction of sp³-hybridized carbons (Fsp3) is 0.667. The minimum atomic E-state index is -0.789. The molecule has 1 aromatic carbocycles. The van der Waals surface area contributed by atoms with E-state index < -0.39 is 10.8 Å². The molecule has 1 aliphatic rings. The third-order valence-electron chi connectivity index (χ3n) is 4.73. The highest BCUT2D eigenvalue weighted by Gasteiger charge is 2.34. The fourth-order valence-corrected chi connectivity index (χ4v) is 5.19. The normalized spacial score (nSPS) is 27.7. The van der Waals surface area contributed by atoms with Gasteiger partial charge in [-0.05, 0) is 43.2 Å². The quantitative estimate of drug-likeness (QED) is 0.867. The average Bonchev–Trinajstić information content (AvgIpc) is 2.48. The Morgan fingerprint density at radius 1 is 1.24 bits per heavy atom. The van der Waals surface area contributed by atoms with Crippen LogP contribution in [-0.4, -0.2) is 22.0 Å². The number of hydrogen-bond acceptors (Lipinski definition) is 2. The lowest BCUT2D eigenvalue weighted by Crippen LogP contribution is -2.47. The second-order valence-electron chi connectivity index (χ2n) is 6.53. The maximum atomic E-state index is 12.9. The summed E-state index contributed by atoms with van der Waals surface area (Å²) >= 11 is 0. The third-order valence-corrected chi connectivity index (χ3v) is 6.55. The van der Waals surface area contributed by atoms with Crippen LogP contribution >= 0.6 is 0 Å². The molecule has 118 valence electrons. The molecule has 1 aliphatic carbocycles. The first-order valence-electron chi connectivity index (χ1n) is 8.26. The molecule has 21 heavy (non-hydrogen) atoms. The summed E-state index contributed by atoms with van der Waals surface area (Å²) in [6.45, 7) is 7.71. The molecule has 0 radical (unpaired) electrons. The summed E-state index contributed by atoms with van der Waals surface area (Å²) in [4.78, 5) is 0. The maximum Gasteiger partial charge on any atom is 0.0507 e. The van der Waals surface area contributed by atoms with Crippen LogP contribution in [0.3, 0.4) is 0 Å². The van der Waals surface area contributed by atoms with E-state index in [0.29, 0.717) is 23.0 Å². The van der Waals surface area contributed by atoms with Gasteiger partial charge in [0.15, 0.2) is 0 Å². The molecular weight excluding hydrogens is 278 g/mol. The van der Waals surface area contributed by atoms with Gasteiger partial charge in [-0.1, -0.05) is 51.1 Å². The van der Waals surface area contributed by atoms with E-state index in [-0.39, 0.29) is 0 Å². The second kappa shape index (κ2) is 8.09. The Kier molecular flexibility index (Phi) is 6.43. The number of hydrogen-bond donors (Lipinski definition) is 1. The van der Waals surface area contributed by atoms with Gasteiger partial charge in [-0.3, -0.25) is 4.21 Å². The molecule has 0 saturated heterocycles. The number of nitrogens with one attached hydrogen (secondary N) is 1. The highest BCUT2D eigenvalue weighted by Crippen LogP contribution is 2.33. The summed E-state index contributed by atoms with van der Waals surface area (Å²) in [6.07, 6.45) is 3.55. The van der Waals surface area contributed by atoms with Crippen LogP contribution in [0.15, 0.2) is 30.3 Å². The summed E-state index contributed by atoms with van der Waals surface area (Å²) in [5, 5.41) is 3.87. The molecule has 1 N–H and O–H groups in total. The van der Waals surface area contributed by atoms with Crippen molar-refractivity contribution in [2.24, 2.45) is 11.8 Å². The van der Waals surface area contributed by atoms with Crippen LogP contribution in [0.5, 0.6) is 0 Å². The fourth-order valence-electron chi connectivity index (χ4n) is 3.40. The molecule has 0 heterocycles. The van der Waals surface area contributed by atoms with Crippen molar-refractivity contribution in [1.82, 2.24) is 5.32 Å². The molecule has 4 atom stereocenters. The van der Waals surface area contributed by atoms with E-state index in [0.717, 1.165) is 18.9 Å². The van der Waals surface area contributed by atoms with Crippen molar-refractivity contribution in [3.05, 3.63) is 35.9 Å². The Bertz CT molecular complexity index is 446. The van der Waals surface area contributed by atoms with Crippen LogP contribution in [0.4, 0.5) is 0 Å². The molecule has 2 rings (SSSR count). The first-order chi connectivity index (χ1) is 10.1. The molecule has 2 nitrogen and oxygen atoms in total. The van der Waals surface area contributed by atoms with Gasteiger partial charge in [-0.25, -0.2) is 0 Å². The van der Waals surface area contributed by atoms with Crippen LogP contribution in [0, 0.1) is 11.8 Å². The minimum absolute atomic E-state index is 0.298. The van der Waals surface area contributed by atoms with E-state index in [2.05, 4.69) is 38.2 Å². The lowest BCUT2D eigenvalue weighted by molar-refractivity contribution is 0.245. The van der Waals surface area contributed by atoms with E-state index in [9.17, 15) is 4.21 Å². The van der Waals surface area contributed by atoms with Crippen LogP contribution < -0.4 is 5.32 Å². The third kappa shape index (κ3) is 4.65. The van der Waals surface area contributed by atoms with Crippen molar-refractivity contribution in [1.29, 1.82) is 0 Å².